The first-order valence-corrected chi connectivity index (χ1v) is 5.99. The largest absolute Gasteiger partial charge is 0.507 e. The van der Waals surface area contributed by atoms with Crippen LogP contribution in [0.4, 0.5) is 0 Å². The predicted octanol–water partition coefficient (Wildman–Crippen LogP) is 3.65. The number of hydrogen-bond donors (Lipinski definition) is 1. The average Bonchev–Trinajstić information content (AvgIpc) is 2.30. The number of aryl methyl sites for hydroxylation is 1. The second kappa shape index (κ2) is 3.39. The van der Waals surface area contributed by atoms with Gasteiger partial charge in [-0.3, -0.25) is 0 Å². The molecular weight excluding hydrogens is 212 g/mol. The maximum atomic E-state index is 10.0. The lowest BCUT2D eigenvalue weighted by molar-refractivity contribution is 0.0867. The number of aromatic hydroxyl groups is 1. The van der Waals surface area contributed by atoms with Crippen molar-refractivity contribution in [3.05, 3.63) is 35.9 Å². The van der Waals surface area contributed by atoms with Crippen LogP contribution in [0.2, 0.25) is 0 Å². The molecule has 0 saturated heterocycles. The van der Waals surface area contributed by atoms with Crippen LogP contribution in [0.15, 0.2) is 30.3 Å². The Morgan fingerprint density at radius 3 is 2.65 bits per heavy atom. The highest BCUT2D eigenvalue weighted by atomic mass is 16.5. The first-order valence-electron chi connectivity index (χ1n) is 5.99. The van der Waals surface area contributed by atoms with Crippen molar-refractivity contribution < 1.29 is 9.84 Å². The molecule has 0 spiro atoms. The van der Waals surface area contributed by atoms with Crippen molar-refractivity contribution in [1.82, 2.24) is 0 Å². The molecule has 1 heterocycles. The number of phenolic OH excluding ortho intramolecular Hbond substituents is 1. The number of benzene rings is 2. The van der Waals surface area contributed by atoms with E-state index in [1.165, 1.54) is 0 Å². The Morgan fingerprint density at radius 1 is 1.18 bits per heavy atom. The lowest BCUT2D eigenvalue weighted by atomic mass is 9.92. The molecule has 0 bridgehead atoms. The number of hydrogen-bond acceptors (Lipinski definition) is 2. The molecule has 17 heavy (non-hydrogen) atoms. The Labute approximate surface area is 101 Å². The molecule has 2 nitrogen and oxygen atoms in total. The van der Waals surface area contributed by atoms with Crippen LogP contribution in [0.25, 0.3) is 10.8 Å². The molecule has 1 aliphatic rings. The molecule has 0 atom stereocenters. The quantitative estimate of drug-likeness (QED) is 0.745. The minimum Gasteiger partial charge on any atom is -0.507 e. The number of fused-ring (bicyclic) bond motifs is 3. The molecule has 1 N–H and O–H groups in total. The van der Waals surface area contributed by atoms with Crippen molar-refractivity contribution in [1.29, 1.82) is 0 Å². The van der Waals surface area contributed by atoms with Gasteiger partial charge in [-0.2, -0.15) is 0 Å². The Balaban J connectivity index is 2.30. The van der Waals surface area contributed by atoms with E-state index in [2.05, 4.69) is 13.8 Å². The van der Waals surface area contributed by atoms with E-state index in [-0.39, 0.29) is 5.60 Å². The Hall–Kier alpha value is -1.70. The second-order valence-electron chi connectivity index (χ2n) is 5.29. The normalized spacial score (nSPS) is 17.5. The lowest BCUT2D eigenvalue weighted by Gasteiger charge is -2.33. The maximum absolute atomic E-state index is 10.0. The summed E-state index contributed by atoms with van der Waals surface area (Å²) in [5.41, 5.74) is 0.993. The molecule has 0 radical (unpaired) electrons. The van der Waals surface area contributed by atoms with E-state index in [1.807, 2.05) is 30.3 Å². The topological polar surface area (TPSA) is 29.5 Å². The third kappa shape index (κ3) is 1.64. The monoisotopic (exact) mass is 228 g/mol. The van der Waals surface area contributed by atoms with Crippen molar-refractivity contribution in [3.8, 4) is 11.5 Å². The van der Waals surface area contributed by atoms with Crippen molar-refractivity contribution in [2.75, 3.05) is 0 Å². The molecule has 0 saturated carbocycles. The Morgan fingerprint density at radius 2 is 1.88 bits per heavy atom. The van der Waals surface area contributed by atoms with Crippen LogP contribution < -0.4 is 4.74 Å². The van der Waals surface area contributed by atoms with E-state index in [1.54, 1.807) is 0 Å². The van der Waals surface area contributed by atoms with E-state index in [0.29, 0.717) is 5.75 Å². The fourth-order valence-electron chi connectivity index (χ4n) is 2.46. The fourth-order valence-corrected chi connectivity index (χ4v) is 2.46. The highest BCUT2D eigenvalue weighted by Crippen LogP contribution is 2.42. The molecule has 0 amide bonds. The molecule has 0 aliphatic carbocycles. The third-order valence-corrected chi connectivity index (χ3v) is 3.42. The van der Waals surface area contributed by atoms with Gasteiger partial charge in [0.25, 0.3) is 0 Å². The zero-order valence-corrected chi connectivity index (χ0v) is 10.2. The minimum absolute atomic E-state index is 0.118. The van der Waals surface area contributed by atoms with E-state index in [0.717, 1.165) is 34.9 Å². The number of rotatable bonds is 0. The van der Waals surface area contributed by atoms with E-state index < -0.39 is 0 Å². The van der Waals surface area contributed by atoms with Crippen LogP contribution in [-0.4, -0.2) is 10.7 Å². The van der Waals surface area contributed by atoms with Crippen molar-refractivity contribution in [2.24, 2.45) is 0 Å². The molecule has 0 aromatic heterocycles. The van der Waals surface area contributed by atoms with Gasteiger partial charge in [0, 0.05) is 10.8 Å². The van der Waals surface area contributed by atoms with Gasteiger partial charge in [-0.25, -0.2) is 0 Å². The summed E-state index contributed by atoms with van der Waals surface area (Å²) in [5, 5.41) is 11.9. The van der Waals surface area contributed by atoms with Crippen LogP contribution in [0.1, 0.15) is 25.8 Å². The van der Waals surface area contributed by atoms with Crippen molar-refractivity contribution in [3.63, 3.8) is 0 Å². The molecule has 3 rings (SSSR count). The first-order chi connectivity index (χ1) is 8.07. The molecule has 2 aromatic rings. The molecule has 2 aromatic carbocycles. The Kier molecular flexibility index (Phi) is 2.09. The van der Waals surface area contributed by atoms with Gasteiger partial charge < -0.3 is 9.84 Å². The van der Waals surface area contributed by atoms with Gasteiger partial charge in [0.2, 0.25) is 0 Å². The average molecular weight is 228 g/mol. The fraction of sp³-hybridized carbons (Fsp3) is 0.333. The predicted molar refractivity (Wildman–Crippen MR) is 68.6 cm³/mol. The summed E-state index contributed by atoms with van der Waals surface area (Å²) in [5.74, 6) is 1.29. The molecule has 2 heteroatoms. The van der Waals surface area contributed by atoms with Crippen LogP contribution in [0.3, 0.4) is 0 Å². The zero-order valence-electron chi connectivity index (χ0n) is 10.2. The summed E-state index contributed by atoms with van der Waals surface area (Å²) in [7, 11) is 0. The van der Waals surface area contributed by atoms with Gasteiger partial charge >= 0.3 is 0 Å². The number of ether oxygens (including phenoxy) is 1. The van der Waals surface area contributed by atoms with E-state index in [4.69, 9.17) is 4.74 Å². The third-order valence-electron chi connectivity index (χ3n) is 3.42. The first kappa shape index (κ1) is 10.5. The lowest BCUT2D eigenvalue weighted by Crippen LogP contribution is -2.32. The van der Waals surface area contributed by atoms with Crippen LogP contribution in [0, 0.1) is 0 Å². The van der Waals surface area contributed by atoms with Crippen LogP contribution >= 0.6 is 0 Å². The standard InChI is InChI=1S/C15H16O2/c1-15(2)8-7-10-9-13(16)11-5-3-4-6-12(11)14(10)17-15/h3-6,9,16H,7-8H2,1-2H3. The van der Waals surface area contributed by atoms with E-state index in [9.17, 15) is 5.11 Å². The molecule has 0 fully saturated rings. The summed E-state index contributed by atoms with van der Waals surface area (Å²) in [6.45, 7) is 4.22. The number of phenols is 1. The minimum atomic E-state index is -0.118. The smallest absolute Gasteiger partial charge is 0.131 e. The zero-order chi connectivity index (χ0) is 12.0. The van der Waals surface area contributed by atoms with Gasteiger partial charge in [-0.1, -0.05) is 24.3 Å². The van der Waals surface area contributed by atoms with Crippen LogP contribution in [-0.2, 0) is 6.42 Å². The van der Waals surface area contributed by atoms with Crippen molar-refractivity contribution in [2.45, 2.75) is 32.3 Å². The summed E-state index contributed by atoms with van der Waals surface area (Å²) >= 11 is 0. The summed E-state index contributed by atoms with van der Waals surface area (Å²) in [4.78, 5) is 0. The van der Waals surface area contributed by atoms with E-state index >= 15 is 0 Å². The van der Waals surface area contributed by atoms with Gasteiger partial charge in [-0.15, -0.1) is 0 Å². The highest BCUT2D eigenvalue weighted by molar-refractivity contribution is 5.94. The molecule has 88 valence electrons. The molecule has 0 unspecified atom stereocenters. The van der Waals surface area contributed by atoms with Gasteiger partial charge in [0.1, 0.15) is 17.1 Å². The van der Waals surface area contributed by atoms with Gasteiger partial charge in [0.05, 0.1) is 0 Å². The highest BCUT2D eigenvalue weighted by Gasteiger charge is 2.28. The summed E-state index contributed by atoms with van der Waals surface area (Å²) in [6.07, 6.45) is 1.94. The molecular formula is C15H16O2. The maximum Gasteiger partial charge on any atom is 0.131 e. The second-order valence-corrected chi connectivity index (χ2v) is 5.29. The van der Waals surface area contributed by atoms with Gasteiger partial charge in [0.15, 0.2) is 0 Å². The van der Waals surface area contributed by atoms with Gasteiger partial charge in [-0.05, 0) is 38.3 Å². The van der Waals surface area contributed by atoms with Crippen molar-refractivity contribution >= 4 is 10.8 Å². The molecule has 1 aliphatic heterocycles. The summed E-state index contributed by atoms with van der Waals surface area (Å²) < 4.78 is 6.08. The SMILES string of the molecule is CC1(C)CCc2cc(O)c3ccccc3c2O1. The summed E-state index contributed by atoms with van der Waals surface area (Å²) in [6, 6.07) is 9.69. The van der Waals surface area contributed by atoms with Crippen LogP contribution in [0.5, 0.6) is 11.5 Å². The Bertz CT molecular complexity index is 585.